The summed E-state index contributed by atoms with van der Waals surface area (Å²) in [5.41, 5.74) is 1.39. The first kappa shape index (κ1) is 19.6. The zero-order valence-electron chi connectivity index (χ0n) is 17.8. The largest absolute Gasteiger partial charge is 0.370 e. The van der Waals surface area contributed by atoms with Crippen LogP contribution in [-0.4, -0.2) is 40.4 Å². The number of hydrogen-bond acceptors (Lipinski definition) is 3. The van der Waals surface area contributed by atoms with Crippen molar-refractivity contribution in [1.82, 2.24) is 14.7 Å². The molecule has 1 N–H and O–H groups in total. The Morgan fingerprint density at radius 3 is 2.43 bits per heavy atom. The number of aromatic nitrogens is 2. The van der Waals surface area contributed by atoms with Crippen LogP contribution in [0.2, 0.25) is 0 Å². The molecule has 0 amide bonds. The van der Waals surface area contributed by atoms with E-state index in [-0.39, 0.29) is 5.82 Å². The Kier molecular flexibility index (Phi) is 5.47. The van der Waals surface area contributed by atoms with Crippen molar-refractivity contribution < 1.29 is 4.39 Å². The van der Waals surface area contributed by atoms with E-state index in [1.165, 1.54) is 51.6 Å². The minimum atomic E-state index is -0.246. The molecule has 2 aromatic carbocycles. The maximum atomic E-state index is 14.9. The van der Waals surface area contributed by atoms with Gasteiger partial charge in [0.25, 0.3) is 0 Å². The molecule has 0 atom stereocenters. The second-order valence-electron chi connectivity index (χ2n) is 9.03. The van der Waals surface area contributed by atoms with Gasteiger partial charge in [-0.25, -0.2) is 9.07 Å². The number of anilines is 1. The number of halogens is 1. The van der Waals surface area contributed by atoms with Gasteiger partial charge < -0.3 is 10.2 Å². The third-order valence-corrected chi connectivity index (χ3v) is 6.94. The van der Waals surface area contributed by atoms with Gasteiger partial charge in [0.05, 0.1) is 5.69 Å². The van der Waals surface area contributed by atoms with Crippen LogP contribution in [0.3, 0.4) is 0 Å². The normalized spacial score (nSPS) is 19.0. The van der Waals surface area contributed by atoms with Gasteiger partial charge in [-0.2, -0.15) is 5.10 Å². The number of aryl methyl sites for hydroxylation is 1. The van der Waals surface area contributed by atoms with Gasteiger partial charge in [0.15, 0.2) is 0 Å². The zero-order chi connectivity index (χ0) is 20.5. The third kappa shape index (κ3) is 3.95. The lowest BCUT2D eigenvalue weighted by Crippen LogP contribution is -2.41. The minimum absolute atomic E-state index is 0.246. The molecule has 0 unspecified atom stereocenters. The minimum Gasteiger partial charge on any atom is -0.370 e. The van der Waals surface area contributed by atoms with E-state index in [2.05, 4.69) is 15.3 Å². The van der Waals surface area contributed by atoms with E-state index < -0.39 is 0 Å². The summed E-state index contributed by atoms with van der Waals surface area (Å²) in [5, 5.41) is 10.1. The number of hydrogen-bond donors (Lipinski definition) is 1. The van der Waals surface area contributed by atoms with E-state index in [0.717, 1.165) is 34.9 Å². The molecule has 0 bridgehead atoms. The second-order valence-corrected chi connectivity index (χ2v) is 9.03. The molecule has 1 saturated carbocycles. The first-order valence-corrected chi connectivity index (χ1v) is 11.4. The van der Waals surface area contributed by atoms with Crippen molar-refractivity contribution >= 4 is 16.6 Å². The number of benzene rings is 2. The Morgan fingerprint density at radius 1 is 1.00 bits per heavy atom. The Hall–Kier alpha value is -2.40. The summed E-state index contributed by atoms with van der Waals surface area (Å²) in [6.07, 6.45) is 8.06. The predicted octanol–water partition coefficient (Wildman–Crippen LogP) is 5.54. The number of likely N-dealkylation sites (tertiary alicyclic amines) is 1. The number of piperidine rings is 1. The van der Waals surface area contributed by atoms with E-state index in [9.17, 15) is 4.39 Å². The van der Waals surface area contributed by atoms with Crippen LogP contribution in [0.25, 0.3) is 16.5 Å². The van der Waals surface area contributed by atoms with Crippen molar-refractivity contribution in [3.05, 3.63) is 54.0 Å². The van der Waals surface area contributed by atoms with Crippen LogP contribution in [0.15, 0.2) is 42.5 Å². The summed E-state index contributed by atoms with van der Waals surface area (Å²) < 4.78 is 16.6. The molecule has 5 heteroatoms. The topological polar surface area (TPSA) is 33.1 Å². The summed E-state index contributed by atoms with van der Waals surface area (Å²) in [5.74, 6) is 1.29. The number of fused-ring (bicyclic) bond motifs is 1. The summed E-state index contributed by atoms with van der Waals surface area (Å²) in [6, 6.07) is 14.2. The molecule has 1 aliphatic heterocycles. The fraction of sp³-hybridized carbons (Fsp3) is 0.480. The quantitative estimate of drug-likeness (QED) is 0.604. The van der Waals surface area contributed by atoms with Crippen LogP contribution < -0.4 is 5.32 Å². The molecule has 0 spiro atoms. The average Bonchev–Trinajstić information content (AvgIpc) is 3.42. The lowest BCUT2D eigenvalue weighted by Gasteiger charge is -2.36. The van der Waals surface area contributed by atoms with Crippen LogP contribution in [0.1, 0.15) is 44.2 Å². The highest BCUT2D eigenvalue weighted by molar-refractivity contribution is 5.84. The van der Waals surface area contributed by atoms with Crippen LogP contribution in [-0.2, 0) is 0 Å². The van der Waals surface area contributed by atoms with Crippen molar-refractivity contribution in [3.63, 3.8) is 0 Å². The molecule has 0 radical (unpaired) electrons. The third-order valence-electron chi connectivity index (χ3n) is 6.94. The average molecular weight is 407 g/mol. The molecular formula is C25H31FN4. The molecule has 1 aliphatic carbocycles. The highest BCUT2D eigenvalue weighted by Crippen LogP contribution is 2.29. The summed E-state index contributed by atoms with van der Waals surface area (Å²) >= 11 is 0. The second kappa shape index (κ2) is 8.38. The van der Waals surface area contributed by atoms with Crippen molar-refractivity contribution in [3.8, 4) is 5.69 Å². The monoisotopic (exact) mass is 406 g/mol. The van der Waals surface area contributed by atoms with Crippen LogP contribution >= 0.6 is 0 Å². The molecule has 158 valence electrons. The van der Waals surface area contributed by atoms with Gasteiger partial charge in [0.2, 0.25) is 0 Å². The maximum Gasteiger partial charge on any atom is 0.149 e. The molecule has 1 aromatic heterocycles. The van der Waals surface area contributed by atoms with Crippen LogP contribution in [0.4, 0.5) is 10.2 Å². The predicted molar refractivity (Wildman–Crippen MR) is 121 cm³/mol. The van der Waals surface area contributed by atoms with Gasteiger partial charge in [0, 0.05) is 18.7 Å². The van der Waals surface area contributed by atoms with E-state index in [0.29, 0.717) is 11.6 Å². The zero-order valence-corrected chi connectivity index (χ0v) is 17.8. The summed E-state index contributed by atoms with van der Waals surface area (Å²) in [7, 11) is 0. The molecule has 2 aliphatic rings. The highest BCUT2D eigenvalue weighted by atomic mass is 19.1. The molecule has 1 saturated heterocycles. The number of nitrogens with zero attached hydrogens (tertiary/aromatic N) is 3. The van der Waals surface area contributed by atoms with Gasteiger partial charge in [-0.05, 0) is 74.5 Å². The molecule has 5 rings (SSSR count). The van der Waals surface area contributed by atoms with Crippen LogP contribution in [0, 0.1) is 18.7 Å². The van der Waals surface area contributed by atoms with Crippen molar-refractivity contribution in [2.45, 2.75) is 51.5 Å². The van der Waals surface area contributed by atoms with Gasteiger partial charge >= 0.3 is 0 Å². The van der Waals surface area contributed by atoms with Crippen molar-refractivity contribution in [2.75, 3.05) is 25.0 Å². The molecule has 2 fully saturated rings. The lowest BCUT2D eigenvalue weighted by molar-refractivity contribution is 0.138. The first-order valence-electron chi connectivity index (χ1n) is 11.4. The van der Waals surface area contributed by atoms with E-state index in [4.69, 9.17) is 0 Å². The smallest absolute Gasteiger partial charge is 0.149 e. The molecule has 3 aromatic rings. The molecule has 4 nitrogen and oxygen atoms in total. The molecular weight excluding hydrogens is 375 g/mol. The highest BCUT2D eigenvalue weighted by Gasteiger charge is 2.27. The SMILES string of the molecule is Cc1cc(NCC2CCN(C3CCCC3)CC2)n(-c2cc3ccccc3cc2F)n1. The van der Waals surface area contributed by atoms with E-state index in [1.807, 2.05) is 43.3 Å². The summed E-state index contributed by atoms with van der Waals surface area (Å²) in [4.78, 5) is 2.71. The van der Waals surface area contributed by atoms with Gasteiger partial charge in [0.1, 0.15) is 17.3 Å². The van der Waals surface area contributed by atoms with E-state index in [1.54, 1.807) is 10.7 Å². The van der Waals surface area contributed by atoms with Crippen LogP contribution in [0.5, 0.6) is 0 Å². The molecule has 30 heavy (non-hydrogen) atoms. The van der Waals surface area contributed by atoms with Gasteiger partial charge in [-0.1, -0.05) is 37.1 Å². The standard InChI is InChI=1S/C25H31FN4/c1-18-14-25(27-17-19-10-12-29(13-11-19)22-8-4-5-9-22)30(28-18)24-16-21-7-3-2-6-20(21)15-23(24)26/h2-3,6-7,14-16,19,22,27H,4-5,8-13,17H2,1H3. The summed E-state index contributed by atoms with van der Waals surface area (Å²) in [6.45, 7) is 5.31. The maximum absolute atomic E-state index is 14.9. The van der Waals surface area contributed by atoms with Crippen molar-refractivity contribution in [1.29, 1.82) is 0 Å². The Morgan fingerprint density at radius 2 is 1.70 bits per heavy atom. The molecule has 2 heterocycles. The Labute approximate surface area is 178 Å². The Bertz CT molecular complexity index is 1010. The van der Waals surface area contributed by atoms with Gasteiger partial charge in [-0.15, -0.1) is 0 Å². The number of rotatable bonds is 5. The first-order chi connectivity index (χ1) is 14.7. The fourth-order valence-corrected chi connectivity index (χ4v) is 5.21. The van der Waals surface area contributed by atoms with Crippen molar-refractivity contribution in [2.24, 2.45) is 5.92 Å². The Balaban J connectivity index is 1.28. The van der Waals surface area contributed by atoms with Gasteiger partial charge in [-0.3, -0.25) is 0 Å². The lowest BCUT2D eigenvalue weighted by atomic mass is 9.95. The fourth-order valence-electron chi connectivity index (χ4n) is 5.21. The van der Waals surface area contributed by atoms with E-state index >= 15 is 0 Å². The number of nitrogens with one attached hydrogen (secondary N) is 1.